The third-order valence-electron chi connectivity index (χ3n) is 6.01. The average Bonchev–Trinajstić information content (AvgIpc) is 3.36. The van der Waals surface area contributed by atoms with E-state index in [-0.39, 0.29) is 18.4 Å². The van der Waals surface area contributed by atoms with Gasteiger partial charge in [0.15, 0.2) is 0 Å². The molecule has 1 heterocycles. The van der Waals surface area contributed by atoms with Gasteiger partial charge in [-0.15, -0.1) is 23.1 Å². The lowest BCUT2D eigenvalue weighted by atomic mass is 10.0. The molecule has 0 aliphatic carbocycles. The van der Waals surface area contributed by atoms with Crippen LogP contribution in [0.1, 0.15) is 46.5 Å². The summed E-state index contributed by atoms with van der Waals surface area (Å²) >= 11 is 2.65. The van der Waals surface area contributed by atoms with Crippen LogP contribution in [0.25, 0.3) is 11.1 Å². The fourth-order valence-electron chi connectivity index (χ4n) is 3.93. The molecule has 0 bridgehead atoms. The van der Waals surface area contributed by atoms with Gasteiger partial charge in [-0.3, -0.25) is 9.59 Å². The Bertz CT molecular complexity index is 1500. The fraction of sp³-hybridized carbons (Fsp3) is 0.194. The van der Waals surface area contributed by atoms with Crippen LogP contribution in [0.5, 0.6) is 0 Å². The summed E-state index contributed by atoms with van der Waals surface area (Å²) in [5, 5.41) is 7.60. The number of hydrogen-bond acceptors (Lipinski definition) is 6. The fourth-order valence-corrected chi connectivity index (χ4v) is 5.91. The molecule has 4 rings (SSSR count). The Morgan fingerprint density at radius 1 is 0.975 bits per heavy atom. The molecule has 0 fully saturated rings. The lowest BCUT2D eigenvalue weighted by Gasteiger charge is -2.16. The van der Waals surface area contributed by atoms with Gasteiger partial charge in [-0.05, 0) is 68.3 Å². The van der Waals surface area contributed by atoms with E-state index in [1.165, 1.54) is 47.4 Å². The molecule has 6 nitrogen and oxygen atoms in total. The van der Waals surface area contributed by atoms with E-state index in [0.29, 0.717) is 33.8 Å². The minimum absolute atomic E-state index is 0.219. The summed E-state index contributed by atoms with van der Waals surface area (Å²) in [6.45, 7) is 5.87. The normalized spacial score (nSPS) is 11.5. The van der Waals surface area contributed by atoms with E-state index in [1.54, 1.807) is 25.1 Å². The number of ether oxygens (including phenoxy) is 1. The van der Waals surface area contributed by atoms with Crippen molar-refractivity contribution in [3.63, 3.8) is 0 Å². The molecule has 0 saturated carbocycles. The summed E-state index contributed by atoms with van der Waals surface area (Å²) in [5.74, 6) is -1.50. The van der Waals surface area contributed by atoms with Crippen molar-refractivity contribution in [3.8, 4) is 11.1 Å². The maximum Gasteiger partial charge on any atom is 0.341 e. The predicted octanol–water partition coefficient (Wildman–Crippen LogP) is 7.80. The van der Waals surface area contributed by atoms with Crippen molar-refractivity contribution in [1.29, 1.82) is 0 Å². The molecular weight excluding hydrogens is 547 g/mol. The molecule has 206 valence electrons. The Balaban J connectivity index is 1.50. The number of carbonyl (C=O) groups excluding carboxylic acids is 3. The maximum absolute atomic E-state index is 13.4. The molecule has 0 saturated heterocycles. The minimum atomic E-state index is -0.486. The van der Waals surface area contributed by atoms with Crippen molar-refractivity contribution < 1.29 is 23.5 Å². The zero-order valence-electron chi connectivity index (χ0n) is 22.3. The van der Waals surface area contributed by atoms with Crippen molar-refractivity contribution >= 4 is 51.6 Å². The zero-order chi connectivity index (χ0) is 28.6. The number of anilines is 2. The van der Waals surface area contributed by atoms with Crippen LogP contribution in [0.3, 0.4) is 0 Å². The summed E-state index contributed by atoms with van der Waals surface area (Å²) in [4.78, 5) is 39.6. The molecule has 0 spiro atoms. The number of benzene rings is 3. The molecule has 0 aliphatic rings. The van der Waals surface area contributed by atoms with Gasteiger partial charge in [0, 0.05) is 27.1 Å². The Kier molecular flexibility index (Phi) is 9.74. The predicted molar refractivity (Wildman–Crippen MR) is 160 cm³/mol. The molecule has 1 atom stereocenters. The maximum atomic E-state index is 13.4. The van der Waals surface area contributed by atoms with Crippen LogP contribution in [-0.2, 0) is 9.53 Å². The number of aryl methyl sites for hydroxylation is 1. The summed E-state index contributed by atoms with van der Waals surface area (Å²) in [5.41, 5.74) is 3.92. The number of rotatable bonds is 10. The Hall–Kier alpha value is -3.95. The quantitative estimate of drug-likeness (QED) is 0.149. The van der Waals surface area contributed by atoms with Gasteiger partial charge in [-0.1, -0.05) is 42.8 Å². The van der Waals surface area contributed by atoms with Gasteiger partial charge in [0.2, 0.25) is 5.91 Å². The second-order valence-corrected chi connectivity index (χ2v) is 11.1. The number of carbonyl (C=O) groups is 3. The highest BCUT2D eigenvalue weighted by Crippen LogP contribution is 2.37. The van der Waals surface area contributed by atoms with E-state index in [1.807, 2.05) is 49.6 Å². The smallest absolute Gasteiger partial charge is 0.341 e. The van der Waals surface area contributed by atoms with Crippen LogP contribution in [0.15, 0.2) is 83.1 Å². The van der Waals surface area contributed by atoms with Gasteiger partial charge in [0.25, 0.3) is 5.91 Å². The summed E-state index contributed by atoms with van der Waals surface area (Å²) in [6, 6.07) is 20.3. The molecule has 40 heavy (non-hydrogen) atoms. The van der Waals surface area contributed by atoms with Crippen LogP contribution in [-0.4, -0.2) is 29.6 Å². The minimum Gasteiger partial charge on any atom is -0.462 e. The van der Waals surface area contributed by atoms with Crippen LogP contribution in [0.4, 0.5) is 15.1 Å². The first-order valence-electron chi connectivity index (χ1n) is 12.8. The molecule has 1 unspecified atom stereocenters. The lowest BCUT2D eigenvalue weighted by Crippen LogP contribution is -2.25. The first-order valence-corrected chi connectivity index (χ1v) is 14.5. The van der Waals surface area contributed by atoms with Gasteiger partial charge >= 0.3 is 5.97 Å². The van der Waals surface area contributed by atoms with Crippen molar-refractivity contribution in [3.05, 3.63) is 101 Å². The highest BCUT2D eigenvalue weighted by atomic mass is 32.2. The number of halogens is 1. The molecule has 4 aromatic rings. The van der Waals surface area contributed by atoms with E-state index < -0.39 is 17.0 Å². The van der Waals surface area contributed by atoms with Crippen LogP contribution >= 0.6 is 23.1 Å². The first-order chi connectivity index (χ1) is 19.3. The molecule has 2 amide bonds. The van der Waals surface area contributed by atoms with E-state index in [2.05, 4.69) is 10.6 Å². The summed E-state index contributed by atoms with van der Waals surface area (Å²) in [6.07, 6.45) is 0.535. The SMILES string of the molecule is CCOC(=O)c1c(-c2ccc(C)cc2)csc1NC(=O)C(CC)Sc1cccc(NC(=O)c2ccc(F)cc2)c1. The number of amides is 2. The highest BCUT2D eigenvalue weighted by molar-refractivity contribution is 8.00. The van der Waals surface area contributed by atoms with E-state index in [4.69, 9.17) is 4.74 Å². The number of thioether (sulfide) groups is 1. The Morgan fingerprint density at radius 2 is 1.70 bits per heavy atom. The topological polar surface area (TPSA) is 84.5 Å². The third-order valence-corrected chi connectivity index (χ3v) is 8.26. The Labute approximate surface area is 241 Å². The molecule has 3 aromatic carbocycles. The van der Waals surface area contributed by atoms with Gasteiger partial charge in [0.05, 0.1) is 11.9 Å². The van der Waals surface area contributed by atoms with E-state index in [9.17, 15) is 18.8 Å². The van der Waals surface area contributed by atoms with E-state index in [0.717, 1.165) is 16.0 Å². The van der Waals surface area contributed by atoms with Gasteiger partial charge in [-0.2, -0.15) is 0 Å². The van der Waals surface area contributed by atoms with E-state index >= 15 is 0 Å². The molecule has 0 aliphatic heterocycles. The molecule has 0 radical (unpaired) electrons. The molecule has 2 N–H and O–H groups in total. The number of nitrogens with one attached hydrogen (secondary N) is 2. The number of hydrogen-bond donors (Lipinski definition) is 2. The largest absolute Gasteiger partial charge is 0.462 e. The third kappa shape index (κ3) is 7.16. The monoisotopic (exact) mass is 576 g/mol. The van der Waals surface area contributed by atoms with Crippen molar-refractivity contribution in [2.75, 3.05) is 17.2 Å². The summed E-state index contributed by atoms with van der Waals surface area (Å²) < 4.78 is 18.5. The molecule has 9 heteroatoms. The number of esters is 1. The van der Waals surface area contributed by atoms with Crippen molar-refractivity contribution in [2.45, 2.75) is 37.3 Å². The standard InChI is InChI=1S/C31H29FN2O4S2/c1-4-26(40-24-8-6-7-23(17-24)33-28(35)21-13-15-22(32)16-14-21)29(36)34-30-27(31(37)38-5-2)25(18-39-30)20-11-9-19(3)10-12-20/h6-18,26H,4-5H2,1-3H3,(H,33,35)(H,34,36). The van der Waals surface area contributed by atoms with Gasteiger partial charge < -0.3 is 15.4 Å². The van der Waals surface area contributed by atoms with Crippen LogP contribution in [0, 0.1) is 12.7 Å². The van der Waals surface area contributed by atoms with Crippen LogP contribution in [0.2, 0.25) is 0 Å². The average molecular weight is 577 g/mol. The summed E-state index contributed by atoms with van der Waals surface area (Å²) in [7, 11) is 0. The number of thiophene rings is 1. The van der Waals surface area contributed by atoms with Gasteiger partial charge in [-0.25, -0.2) is 9.18 Å². The molecular formula is C31H29FN2O4S2. The zero-order valence-corrected chi connectivity index (χ0v) is 24.0. The Morgan fingerprint density at radius 3 is 2.38 bits per heavy atom. The first kappa shape index (κ1) is 29.0. The van der Waals surface area contributed by atoms with Crippen molar-refractivity contribution in [1.82, 2.24) is 0 Å². The highest BCUT2D eigenvalue weighted by Gasteiger charge is 2.25. The lowest BCUT2D eigenvalue weighted by molar-refractivity contribution is -0.115. The van der Waals surface area contributed by atoms with Crippen molar-refractivity contribution in [2.24, 2.45) is 0 Å². The second kappa shape index (κ2) is 13.4. The second-order valence-electron chi connectivity index (χ2n) is 8.93. The molecule has 1 aromatic heterocycles. The van der Waals surface area contributed by atoms with Gasteiger partial charge in [0.1, 0.15) is 16.4 Å². The van der Waals surface area contributed by atoms with Crippen LogP contribution < -0.4 is 10.6 Å².